The van der Waals surface area contributed by atoms with Gasteiger partial charge in [0.2, 0.25) is 0 Å². The minimum absolute atomic E-state index is 0.0624. The van der Waals surface area contributed by atoms with E-state index in [9.17, 15) is 4.79 Å². The molecule has 1 aromatic rings. The Morgan fingerprint density at radius 1 is 1.53 bits per heavy atom. The molecule has 0 atom stereocenters. The van der Waals surface area contributed by atoms with Crippen molar-refractivity contribution in [3.63, 3.8) is 0 Å². The van der Waals surface area contributed by atoms with Crippen molar-refractivity contribution >= 4 is 5.78 Å². The predicted molar refractivity (Wildman–Crippen MR) is 71.1 cm³/mol. The number of piperidine rings is 1. The molecule has 0 aliphatic carbocycles. The molecule has 1 aromatic heterocycles. The predicted octanol–water partition coefficient (Wildman–Crippen LogP) is 1.03. The highest BCUT2D eigenvalue weighted by Crippen LogP contribution is 2.09. The molecule has 0 bridgehead atoms. The van der Waals surface area contributed by atoms with E-state index in [0.717, 1.165) is 38.9 Å². The minimum Gasteiger partial charge on any atom is -0.378 e. The van der Waals surface area contributed by atoms with Gasteiger partial charge in [-0.3, -0.25) is 4.79 Å². The fourth-order valence-electron chi connectivity index (χ4n) is 2.26. The molecule has 1 N–H and O–H groups in total. The largest absolute Gasteiger partial charge is 0.378 e. The summed E-state index contributed by atoms with van der Waals surface area (Å²) in [5.41, 5.74) is 0.593. The van der Waals surface area contributed by atoms with E-state index in [1.807, 2.05) is 0 Å². The first-order valence-electron chi connectivity index (χ1n) is 7.05. The summed E-state index contributed by atoms with van der Waals surface area (Å²) < 4.78 is 7.41. The number of Topliss-reactive ketones (excluding diaryl/α,β-unsaturated/α-hetero) is 1. The fourth-order valence-corrected chi connectivity index (χ4v) is 2.26. The summed E-state index contributed by atoms with van der Waals surface area (Å²) in [4.78, 5) is 12.0. The molecule has 2 rings (SSSR count). The molecule has 0 unspecified atom stereocenters. The highest BCUT2D eigenvalue weighted by Gasteiger charge is 2.16. The molecule has 0 amide bonds. The van der Waals surface area contributed by atoms with Gasteiger partial charge in [0.1, 0.15) is 5.69 Å². The Labute approximate surface area is 113 Å². The summed E-state index contributed by atoms with van der Waals surface area (Å²) in [6.07, 6.45) is 5.25. The molecule has 0 spiro atoms. The van der Waals surface area contributed by atoms with Crippen molar-refractivity contribution in [3.8, 4) is 0 Å². The van der Waals surface area contributed by atoms with Crippen LogP contribution in [0.3, 0.4) is 0 Å². The smallest absolute Gasteiger partial charge is 0.184 e. The monoisotopic (exact) mass is 266 g/mol. The van der Waals surface area contributed by atoms with E-state index in [1.54, 1.807) is 10.9 Å². The zero-order valence-corrected chi connectivity index (χ0v) is 11.5. The van der Waals surface area contributed by atoms with Crippen molar-refractivity contribution in [2.24, 2.45) is 0 Å². The number of ketones is 1. The van der Waals surface area contributed by atoms with Crippen molar-refractivity contribution in [3.05, 3.63) is 11.9 Å². The van der Waals surface area contributed by atoms with Crippen molar-refractivity contribution < 1.29 is 9.53 Å². The average Bonchev–Trinajstić information content (AvgIpc) is 2.89. The molecule has 0 radical (unpaired) electrons. The van der Waals surface area contributed by atoms with E-state index < -0.39 is 0 Å². The quantitative estimate of drug-likeness (QED) is 0.746. The molecule has 1 saturated heterocycles. The summed E-state index contributed by atoms with van der Waals surface area (Å²) in [7, 11) is 0. The average molecular weight is 266 g/mol. The number of hydrogen-bond donors (Lipinski definition) is 1. The van der Waals surface area contributed by atoms with Gasteiger partial charge in [-0.2, -0.15) is 0 Å². The van der Waals surface area contributed by atoms with Gasteiger partial charge in [0.25, 0.3) is 0 Å². The molecule has 0 aromatic carbocycles. The van der Waals surface area contributed by atoms with E-state index in [1.165, 1.54) is 0 Å². The normalized spacial score (nSPS) is 16.7. The summed E-state index contributed by atoms with van der Waals surface area (Å²) in [6, 6.07) is 0. The number of aromatic nitrogens is 3. The molecular weight excluding hydrogens is 244 g/mol. The molecule has 1 fully saturated rings. The van der Waals surface area contributed by atoms with Crippen molar-refractivity contribution in [1.82, 2.24) is 20.3 Å². The number of rotatable bonds is 7. The van der Waals surface area contributed by atoms with Gasteiger partial charge in [-0.15, -0.1) is 5.10 Å². The van der Waals surface area contributed by atoms with Gasteiger partial charge in [0.05, 0.1) is 18.9 Å². The minimum atomic E-state index is 0.0624. The first kappa shape index (κ1) is 14.1. The SMILES string of the molecule is CCCn1nncc1C(=O)CCOC1CCNCC1. The highest BCUT2D eigenvalue weighted by atomic mass is 16.5. The van der Waals surface area contributed by atoms with Crippen LogP contribution in [0.2, 0.25) is 0 Å². The third-order valence-electron chi connectivity index (χ3n) is 3.31. The Kier molecular flexibility index (Phi) is 5.47. The maximum absolute atomic E-state index is 12.0. The van der Waals surface area contributed by atoms with Crippen LogP contribution in [-0.2, 0) is 11.3 Å². The number of carbonyl (C=O) groups excluding carboxylic acids is 1. The number of nitrogens with zero attached hydrogens (tertiary/aromatic N) is 3. The van der Waals surface area contributed by atoms with Crippen LogP contribution < -0.4 is 5.32 Å². The number of hydrogen-bond acceptors (Lipinski definition) is 5. The Morgan fingerprint density at radius 3 is 3.05 bits per heavy atom. The Morgan fingerprint density at radius 2 is 2.32 bits per heavy atom. The second-order valence-corrected chi connectivity index (χ2v) is 4.84. The van der Waals surface area contributed by atoms with Crippen molar-refractivity contribution in [2.75, 3.05) is 19.7 Å². The molecule has 19 heavy (non-hydrogen) atoms. The van der Waals surface area contributed by atoms with Gasteiger partial charge in [0.15, 0.2) is 5.78 Å². The topological polar surface area (TPSA) is 69.0 Å². The lowest BCUT2D eigenvalue weighted by atomic mass is 10.1. The van der Waals surface area contributed by atoms with Crippen LogP contribution in [0.25, 0.3) is 0 Å². The van der Waals surface area contributed by atoms with E-state index in [4.69, 9.17) is 4.74 Å². The molecule has 1 aliphatic rings. The number of nitrogens with one attached hydrogen (secondary N) is 1. The van der Waals surface area contributed by atoms with Crippen molar-refractivity contribution in [1.29, 1.82) is 0 Å². The highest BCUT2D eigenvalue weighted by molar-refractivity contribution is 5.94. The van der Waals surface area contributed by atoms with Gasteiger partial charge in [0, 0.05) is 13.0 Å². The van der Waals surface area contributed by atoms with Gasteiger partial charge in [-0.1, -0.05) is 12.1 Å². The van der Waals surface area contributed by atoms with E-state index in [2.05, 4.69) is 22.6 Å². The first-order chi connectivity index (χ1) is 9.31. The Bertz CT molecular complexity index is 399. The van der Waals surface area contributed by atoms with E-state index in [0.29, 0.717) is 24.8 Å². The van der Waals surface area contributed by atoms with Crippen LogP contribution in [-0.4, -0.2) is 46.6 Å². The number of carbonyl (C=O) groups is 1. The Balaban J connectivity index is 1.75. The van der Waals surface area contributed by atoms with E-state index >= 15 is 0 Å². The standard InChI is InChI=1S/C13H22N4O2/c1-2-8-17-12(10-15-16-17)13(18)5-9-19-11-3-6-14-7-4-11/h10-11,14H,2-9H2,1H3. The molecular formula is C13H22N4O2. The third-order valence-corrected chi connectivity index (χ3v) is 3.31. The maximum Gasteiger partial charge on any atom is 0.184 e. The summed E-state index contributed by atoms with van der Waals surface area (Å²) in [5.74, 6) is 0.0624. The molecule has 0 saturated carbocycles. The van der Waals surface area contributed by atoms with Gasteiger partial charge < -0.3 is 10.1 Å². The fraction of sp³-hybridized carbons (Fsp3) is 0.769. The molecule has 2 heterocycles. The summed E-state index contributed by atoms with van der Waals surface area (Å²) in [6.45, 7) is 5.28. The third kappa shape index (κ3) is 4.11. The zero-order valence-electron chi connectivity index (χ0n) is 11.5. The summed E-state index contributed by atoms with van der Waals surface area (Å²) in [5, 5.41) is 11.0. The number of aryl methyl sites for hydroxylation is 1. The van der Waals surface area contributed by atoms with Gasteiger partial charge in [-0.05, 0) is 32.4 Å². The number of ether oxygens (including phenoxy) is 1. The first-order valence-corrected chi connectivity index (χ1v) is 7.05. The second kappa shape index (κ2) is 7.35. The zero-order chi connectivity index (χ0) is 13.5. The second-order valence-electron chi connectivity index (χ2n) is 4.84. The Hall–Kier alpha value is -1.27. The summed E-state index contributed by atoms with van der Waals surface area (Å²) >= 11 is 0. The lowest BCUT2D eigenvalue weighted by Crippen LogP contribution is -2.32. The molecule has 6 heteroatoms. The molecule has 106 valence electrons. The van der Waals surface area contributed by atoms with E-state index in [-0.39, 0.29) is 5.78 Å². The molecule has 1 aliphatic heterocycles. The van der Waals surface area contributed by atoms with Crippen LogP contribution in [0.4, 0.5) is 0 Å². The van der Waals surface area contributed by atoms with Crippen LogP contribution >= 0.6 is 0 Å². The van der Waals surface area contributed by atoms with Gasteiger partial charge >= 0.3 is 0 Å². The lowest BCUT2D eigenvalue weighted by molar-refractivity contribution is 0.0312. The lowest BCUT2D eigenvalue weighted by Gasteiger charge is -2.22. The van der Waals surface area contributed by atoms with Crippen LogP contribution in [0.1, 0.15) is 43.1 Å². The van der Waals surface area contributed by atoms with Crippen LogP contribution in [0, 0.1) is 0 Å². The van der Waals surface area contributed by atoms with Crippen LogP contribution in [0.5, 0.6) is 0 Å². The maximum atomic E-state index is 12.0. The van der Waals surface area contributed by atoms with Crippen molar-refractivity contribution in [2.45, 2.75) is 45.3 Å². The van der Waals surface area contributed by atoms with Crippen LogP contribution in [0.15, 0.2) is 6.20 Å². The van der Waals surface area contributed by atoms with Gasteiger partial charge in [-0.25, -0.2) is 4.68 Å². The molecule has 6 nitrogen and oxygen atoms in total.